The molecule has 0 spiro atoms. The lowest BCUT2D eigenvalue weighted by atomic mass is 10.1. The molecule has 1 aromatic rings. The molecule has 1 atom stereocenters. The summed E-state index contributed by atoms with van der Waals surface area (Å²) in [5.74, 6) is 3.09. The van der Waals surface area contributed by atoms with Gasteiger partial charge in [0.15, 0.2) is 0 Å². The van der Waals surface area contributed by atoms with Crippen molar-refractivity contribution in [1.29, 1.82) is 0 Å². The van der Waals surface area contributed by atoms with Gasteiger partial charge in [0.1, 0.15) is 0 Å². The summed E-state index contributed by atoms with van der Waals surface area (Å²) in [7, 11) is 2.07. The van der Waals surface area contributed by atoms with Gasteiger partial charge in [-0.15, -0.1) is 0 Å². The van der Waals surface area contributed by atoms with Crippen LogP contribution in [0.1, 0.15) is 39.7 Å². The molecule has 0 bridgehead atoms. The van der Waals surface area contributed by atoms with Crippen molar-refractivity contribution in [3.05, 3.63) is 35.9 Å². The molecule has 0 saturated heterocycles. The molecular weight excluding hydrogens is 238 g/mol. The Morgan fingerprint density at radius 2 is 1.72 bits per heavy atom. The van der Waals surface area contributed by atoms with Gasteiger partial charge in [0, 0.05) is 17.5 Å². The van der Waals surface area contributed by atoms with Crippen molar-refractivity contribution < 1.29 is 0 Å². The van der Waals surface area contributed by atoms with Gasteiger partial charge in [0.2, 0.25) is 0 Å². The number of thioether (sulfide) groups is 1. The SMILES string of the molecule is CC.CNC(CSCc1ccccc1)CC(C)C. The zero-order valence-corrected chi connectivity index (χ0v) is 13.4. The molecule has 0 aliphatic heterocycles. The van der Waals surface area contributed by atoms with E-state index in [0.717, 1.165) is 11.7 Å². The van der Waals surface area contributed by atoms with E-state index in [1.54, 1.807) is 0 Å². The summed E-state index contributed by atoms with van der Waals surface area (Å²) >= 11 is 2.02. The quantitative estimate of drug-likeness (QED) is 0.776. The number of hydrogen-bond donors (Lipinski definition) is 1. The molecule has 0 aliphatic carbocycles. The Morgan fingerprint density at radius 3 is 2.22 bits per heavy atom. The Hall–Kier alpha value is -0.470. The van der Waals surface area contributed by atoms with E-state index in [0.29, 0.717) is 6.04 Å². The van der Waals surface area contributed by atoms with Crippen molar-refractivity contribution in [2.75, 3.05) is 12.8 Å². The van der Waals surface area contributed by atoms with Crippen LogP contribution in [0.2, 0.25) is 0 Å². The highest BCUT2D eigenvalue weighted by atomic mass is 32.2. The fourth-order valence-corrected chi connectivity index (χ4v) is 2.86. The molecule has 0 aromatic heterocycles. The van der Waals surface area contributed by atoms with Gasteiger partial charge in [-0.25, -0.2) is 0 Å². The zero-order valence-electron chi connectivity index (χ0n) is 12.6. The van der Waals surface area contributed by atoms with Gasteiger partial charge in [0.25, 0.3) is 0 Å². The smallest absolute Gasteiger partial charge is 0.0185 e. The number of nitrogens with one attached hydrogen (secondary N) is 1. The van der Waals surface area contributed by atoms with Crippen LogP contribution in [0.15, 0.2) is 30.3 Å². The van der Waals surface area contributed by atoms with E-state index < -0.39 is 0 Å². The molecule has 1 aromatic carbocycles. The van der Waals surface area contributed by atoms with Gasteiger partial charge >= 0.3 is 0 Å². The van der Waals surface area contributed by atoms with Gasteiger partial charge in [-0.3, -0.25) is 0 Å². The van der Waals surface area contributed by atoms with Crippen LogP contribution in [-0.2, 0) is 5.75 Å². The van der Waals surface area contributed by atoms with Crippen molar-refractivity contribution >= 4 is 11.8 Å². The first kappa shape index (κ1) is 17.5. The van der Waals surface area contributed by atoms with Gasteiger partial charge in [0.05, 0.1) is 0 Å². The van der Waals surface area contributed by atoms with E-state index in [9.17, 15) is 0 Å². The predicted octanol–water partition coefficient (Wildman–Crippen LogP) is 4.58. The molecule has 1 unspecified atom stereocenters. The first-order valence-corrected chi connectivity index (χ1v) is 8.16. The van der Waals surface area contributed by atoms with E-state index in [1.807, 2.05) is 25.6 Å². The lowest BCUT2D eigenvalue weighted by Gasteiger charge is -2.17. The molecule has 1 rings (SSSR count). The van der Waals surface area contributed by atoms with Crippen LogP contribution in [0, 0.1) is 5.92 Å². The van der Waals surface area contributed by atoms with E-state index in [1.165, 1.54) is 17.7 Å². The maximum absolute atomic E-state index is 3.40. The van der Waals surface area contributed by atoms with E-state index in [2.05, 4.69) is 56.5 Å². The third kappa shape index (κ3) is 8.60. The minimum Gasteiger partial charge on any atom is -0.316 e. The van der Waals surface area contributed by atoms with Crippen LogP contribution in [0.4, 0.5) is 0 Å². The predicted molar refractivity (Wildman–Crippen MR) is 86.3 cm³/mol. The molecule has 18 heavy (non-hydrogen) atoms. The zero-order chi connectivity index (χ0) is 13.8. The van der Waals surface area contributed by atoms with Gasteiger partial charge in [-0.2, -0.15) is 11.8 Å². The monoisotopic (exact) mass is 267 g/mol. The average molecular weight is 267 g/mol. The molecular formula is C16H29NS. The minimum absolute atomic E-state index is 0.647. The summed E-state index contributed by atoms with van der Waals surface area (Å²) in [4.78, 5) is 0. The maximum Gasteiger partial charge on any atom is 0.0185 e. The number of benzene rings is 1. The lowest BCUT2D eigenvalue weighted by molar-refractivity contribution is 0.474. The molecule has 2 heteroatoms. The van der Waals surface area contributed by atoms with Crippen LogP contribution in [0.3, 0.4) is 0 Å². The molecule has 0 aliphatic rings. The first-order chi connectivity index (χ1) is 8.72. The standard InChI is InChI=1S/C14H23NS.C2H6/c1-12(2)9-14(15-3)11-16-10-13-7-5-4-6-8-13;1-2/h4-8,12,14-15H,9-11H2,1-3H3;1-2H3. The van der Waals surface area contributed by atoms with E-state index in [4.69, 9.17) is 0 Å². The summed E-state index contributed by atoms with van der Waals surface area (Å²) in [6.45, 7) is 8.57. The Morgan fingerprint density at radius 1 is 1.11 bits per heavy atom. The van der Waals surface area contributed by atoms with Crippen molar-refractivity contribution in [2.45, 2.75) is 45.9 Å². The second kappa shape index (κ2) is 11.6. The van der Waals surface area contributed by atoms with Gasteiger partial charge < -0.3 is 5.32 Å². The molecule has 1 N–H and O–H groups in total. The number of rotatable bonds is 7. The van der Waals surface area contributed by atoms with E-state index in [-0.39, 0.29) is 0 Å². The molecule has 0 amide bonds. The number of hydrogen-bond acceptors (Lipinski definition) is 2. The molecule has 0 fully saturated rings. The Bertz CT molecular complexity index is 272. The minimum atomic E-state index is 0.647. The Kier molecular flexibility index (Phi) is 11.3. The average Bonchev–Trinajstić information content (AvgIpc) is 2.40. The van der Waals surface area contributed by atoms with Crippen LogP contribution in [0.5, 0.6) is 0 Å². The summed E-state index contributed by atoms with van der Waals surface area (Å²) in [5.41, 5.74) is 1.42. The fourth-order valence-electron chi connectivity index (χ4n) is 1.73. The molecule has 1 nitrogen and oxygen atoms in total. The summed E-state index contributed by atoms with van der Waals surface area (Å²) in [6.07, 6.45) is 1.26. The Labute approximate surface area is 118 Å². The van der Waals surface area contributed by atoms with Crippen LogP contribution < -0.4 is 5.32 Å². The van der Waals surface area contributed by atoms with E-state index >= 15 is 0 Å². The van der Waals surface area contributed by atoms with Crippen LogP contribution >= 0.6 is 11.8 Å². The van der Waals surface area contributed by atoms with Crippen molar-refractivity contribution in [3.63, 3.8) is 0 Å². The normalized spacial score (nSPS) is 11.9. The second-order valence-corrected chi connectivity index (χ2v) is 5.65. The van der Waals surface area contributed by atoms with Crippen molar-refractivity contribution in [1.82, 2.24) is 5.32 Å². The third-order valence-electron chi connectivity index (χ3n) is 2.59. The molecule has 0 saturated carbocycles. The van der Waals surface area contributed by atoms with Crippen molar-refractivity contribution in [3.8, 4) is 0 Å². The molecule has 104 valence electrons. The highest BCUT2D eigenvalue weighted by Crippen LogP contribution is 2.15. The van der Waals surface area contributed by atoms with Gasteiger partial charge in [-0.05, 0) is 24.9 Å². The van der Waals surface area contributed by atoms with Crippen molar-refractivity contribution in [2.24, 2.45) is 5.92 Å². The third-order valence-corrected chi connectivity index (χ3v) is 3.77. The Balaban J connectivity index is 0.00000137. The topological polar surface area (TPSA) is 12.0 Å². The highest BCUT2D eigenvalue weighted by molar-refractivity contribution is 7.98. The summed E-state index contributed by atoms with van der Waals surface area (Å²) in [5, 5.41) is 3.40. The van der Waals surface area contributed by atoms with Crippen LogP contribution in [-0.4, -0.2) is 18.8 Å². The first-order valence-electron chi connectivity index (χ1n) is 7.01. The lowest BCUT2D eigenvalue weighted by Crippen LogP contribution is -2.29. The second-order valence-electron chi connectivity index (χ2n) is 4.62. The molecule has 0 radical (unpaired) electrons. The van der Waals surface area contributed by atoms with Gasteiger partial charge in [-0.1, -0.05) is 58.0 Å². The summed E-state index contributed by atoms with van der Waals surface area (Å²) < 4.78 is 0. The molecule has 0 heterocycles. The van der Waals surface area contributed by atoms with Crippen LogP contribution in [0.25, 0.3) is 0 Å². The highest BCUT2D eigenvalue weighted by Gasteiger charge is 2.08. The fraction of sp³-hybridized carbons (Fsp3) is 0.625. The summed E-state index contributed by atoms with van der Waals surface area (Å²) in [6, 6.07) is 11.3. The maximum atomic E-state index is 3.40. The largest absolute Gasteiger partial charge is 0.316 e.